The summed E-state index contributed by atoms with van der Waals surface area (Å²) >= 11 is 4.83. The van der Waals surface area contributed by atoms with Crippen LogP contribution in [0.4, 0.5) is 0 Å². The van der Waals surface area contributed by atoms with E-state index in [9.17, 15) is 4.79 Å². The highest BCUT2D eigenvalue weighted by atomic mass is 79.9. The van der Waals surface area contributed by atoms with Crippen LogP contribution >= 0.6 is 27.3 Å². The molecule has 0 unspecified atom stereocenters. The lowest BCUT2D eigenvalue weighted by atomic mass is 9.97. The van der Waals surface area contributed by atoms with Gasteiger partial charge in [0.1, 0.15) is 0 Å². The minimum atomic E-state index is 0.0390. The summed E-state index contributed by atoms with van der Waals surface area (Å²) in [6, 6.07) is 3.76. The minimum Gasteiger partial charge on any atom is -0.351 e. The van der Waals surface area contributed by atoms with Crippen LogP contribution in [0.3, 0.4) is 0 Å². The summed E-state index contributed by atoms with van der Waals surface area (Å²) in [7, 11) is 0. The van der Waals surface area contributed by atoms with Crippen LogP contribution in [0.1, 0.15) is 41.8 Å². The number of nitrogens with one attached hydrogen (secondary N) is 1. The first kappa shape index (κ1) is 12.8. The second kappa shape index (κ2) is 6.36. The van der Waals surface area contributed by atoms with E-state index in [1.807, 2.05) is 12.1 Å². The molecule has 0 fully saturated rings. The maximum absolute atomic E-state index is 11.8. The molecule has 92 valence electrons. The third kappa shape index (κ3) is 3.96. The van der Waals surface area contributed by atoms with Crippen molar-refractivity contribution in [2.75, 3.05) is 6.54 Å². The fourth-order valence-electron chi connectivity index (χ4n) is 1.99. The highest BCUT2D eigenvalue weighted by Gasteiger charge is 2.08. The second-order valence-electron chi connectivity index (χ2n) is 4.22. The van der Waals surface area contributed by atoms with Gasteiger partial charge >= 0.3 is 0 Å². The van der Waals surface area contributed by atoms with Crippen molar-refractivity contribution in [1.82, 2.24) is 5.32 Å². The van der Waals surface area contributed by atoms with Crippen molar-refractivity contribution >= 4 is 33.2 Å². The Morgan fingerprint density at radius 1 is 1.41 bits per heavy atom. The normalized spacial score (nSPS) is 15.5. The van der Waals surface area contributed by atoms with Crippen molar-refractivity contribution in [2.45, 2.75) is 32.1 Å². The van der Waals surface area contributed by atoms with Crippen molar-refractivity contribution in [1.29, 1.82) is 0 Å². The van der Waals surface area contributed by atoms with E-state index >= 15 is 0 Å². The number of thiophene rings is 1. The molecule has 17 heavy (non-hydrogen) atoms. The molecule has 2 rings (SSSR count). The molecule has 0 atom stereocenters. The summed E-state index contributed by atoms with van der Waals surface area (Å²) in [5, 5.41) is 2.97. The molecule has 2 nitrogen and oxygen atoms in total. The zero-order valence-corrected chi connectivity index (χ0v) is 12.1. The van der Waals surface area contributed by atoms with E-state index in [0.29, 0.717) is 0 Å². The number of carbonyl (C=O) groups is 1. The summed E-state index contributed by atoms with van der Waals surface area (Å²) in [5.41, 5.74) is 1.50. The van der Waals surface area contributed by atoms with E-state index in [-0.39, 0.29) is 5.91 Å². The number of carbonyl (C=O) groups excluding carboxylic acids is 1. The lowest BCUT2D eigenvalue weighted by Gasteiger charge is -2.12. The van der Waals surface area contributed by atoms with Crippen molar-refractivity contribution in [3.63, 3.8) is 0 Å². The Labute approximate surface area is 114 Å². The first-order valence-electron chi connectivity index (χ1n) is 5.97. The lowest BCUT2D eigenvalue weighted by molar-refractivity contribution is 0.0958. The van der Waals surface area contributed by atoms with Crippen LogP contribution in [0.15, 0.2) is 27.6 Å². The Morgan fingerprint density at radius 2 is 2.29 bits per heavy atom. The number of rotatable bonds is 4. The van der Waals surface area contributed by atoms with Crippen molar-refractivity contribution in [3.05, 3.63) is 32.4 Å². The van der Waals surface area contributed by atoms with Gasteiger partial charge in [-0.2, -0.15) is 0 Å². The Kier molecular flexibility index (Phi) is 4.80. The van der Waals surface area contributed by atoms with Gasteiger partial charge in [-0.1, -0.05) is 11.6 Å². The molecule has 1 heterocycles. The van der Waals surface area contributed by atoms with Crippen LogP contribution in [0.2, 0.25) is 0 Å². The molecule has 0 saturated carbocycles. The van der Waals surface area contributed by atoms with Gasteiger partial charge in [0.15, 0.2) is 0 Å². The average Bonchev–Trinajstić information content (AvgIpc) is 2.77. The standard InChI is InChI=1S/C13H16BrNOS/c14-12-7-6-11(17-12)13(16)15-9-8-10-4-2-1-3-5-10/h4,6-7H,1-3,5,8-9H2,(H,15,16). The fraction of sp³-hybridized carbons (Fsp3) is 0.462. The molecule has 0 aliphatic heterocycles. The summed E-state index contributed by atoms with van der Waals surface area (Å²) in [4.78, 5) is 12.5. The van der Waals surface area contributed by atoms with Gasteiger partial charge < -0.3 is 5.32 Å². The van der Waals surface area contributed by atoms with E-state index in [2.05, 4.69) is 27.3 Å². The average molecular weight is 314 g/mol. The van der Waals surface area contributed by atoms with E-state index in [4.69, 9.17) is 0 Å². The van der Waals surface area contributed by atoms with Crippen LogP contribution in [-0.4, -0.2) is 12.5 Å². The van der Waals surface area contributed by atoms with Gasteiger partial charge in [0.05, 0.1) is 8.66 Å². The predicted molar refractivity (Wildman–Crippen MR) is 75.5 cm³/mol. The van der Waals surface area contributed by atoms with Gasteiger partial charge in [-0.25, -0.2) is 0 Å². The summed E-state index contributed by atoms with van der Waals surface area (Å²) < 4.78 is 0.998. The van der Waals surface area contributed by atoms with E-state index in [1.165, 1.54) is 42.6 Å². The Bertz CT molecular complexity index is 425. The summed E-state index contributed by atoms with van der Waals surface area (Å²) in [6.07, 6.45) is 8.37. The molecule has 1 aromatic heterocycles. The second-order valence-corrected chi connectivity index (χ2v) is 6.68. The van der Waals surface area contributed by atoms with Crippen LogP contribution in [0, 0.1) is 0 Å². The van der Waals surface area contributed by atoms with Gasteiger partial charge in [0.25, 0.3) is 5.91 Å². The quantitative estimate of drug-likeness (QED) is 0.832. The number of allylic oxidation sites excluding steroid dienone is 1. The van der Waals surface area contributed by atoms with Crippen LogP contribution in [0.25, 0.3) is 0 Å². The zero-order chi connectivity index (χ0) is 12.1. The molecule has 0 aromatic carbocycles. The van der Waals surface area contributed by atoms with Gasteiger partial charge in [0.2, 0.25) is 0 Å². The molecule has 0 spiro atoms. The molecule has 0 bridgehead atoms. The number of hydrogen-bond donors (Lipinski definition) is 1. The number of amides is 1. The third-order valence-electron chi connectivity index (χ3n) is 2.91. The molecule has 0 saturated heterocycles. The highest BCUT2D eigenvalue weighted by molar-refractivity contribution is 9.11. The van der Waals surface area contributed by atoms with Crippen LogP contribution in [0.5, 0.6) is 0 Å². The van der Waals surface area contributed by atoms with Gasteiger partial charge in [-0.3, -0.25) is 4.79 Å². The first-order chi connectivity index (χ1) is 8.25. The Morgan fingerprint density at radius 3 is 2.94 bits per heavy atom. The fourth-order valence-corrected chi connectivity index (χ4v) is 3.29. The first-order valence-corrected chi connectivity index (χ1v) is 7.58. The molecule has 1 aliphatic rings. The van der Waals surface area contributed by atoms with Gasteiger partial charge in [-0.05, 0) is 60.2 Å². The summed E-state index contributed by atoms with van der Waals surface area (Å²) in [6.45, 7) is 0.750. The van der Waals surface area contributed by atoms with Crippen LogP contribution in [-0.2, 0) is 0 Å². The highest BCUT2D eigenvalue weighted by Crippen LogP contribution is 2.22. The lowest BCUT2D eigenvalue weighted by Crippen LogP contribution is -2.23. The smallest absolute Gasteiger partial charge is 0.261 e. The van der Waals surface area contributed by atoms with Crippen molar-refractivity contribution in [2.24, 2.45) is 0 Å². The summed E-state index contributed by atoms with van der Waals surface area (Å²) in [5.74, 6) is 0.0390. The molecule has 1 aromatic rings. The molecule has 1 aliphatic carbocycles. The number of halogens is 1. The zero-order valence-electron chi connectivity index (χ0n) is 9.67. The molecular formula is C13H16BrNOS. The maximum Gasteiger partial charge on any atom is 0.261 e. The molecule has 0 radical (unpaired) electrons. The van der Waals surface area contributed by atoms with E-state index in [1.54, 1.807) is 0 Å². The largest absolute Gasteiger partial charge is 0.351 e. The third-order valence-corrected chi connectivity index (χ3v) is 4.54. The molecule has 4 heteroatoms. The molecule has 1 amide bonds. The van der Waals surface area contributed by atoms with Gasteiger partial charge in [0, 0.05) is 6.54 Å². The maximum atomic E-state index is 11.8. The van der Waals surface area contributed by atoms with Crippen LogP contribution < -0.4 is 5.32 Å². The van der Waals surface area contributed by atoms with Gasteiger partial charge in [-0.15, -0.1) is 11.3 Å². The molecule has 1 N–H and O–H groups in total. The SMILES string of the molecule is O=C(NCCC1=CCCCC1)c1ccc(Br)s1. The predicted octanol–water partition coefficient (Wildman–Crippen LogP) is 4.13. The number of hydrogen-bond acceptors (Lipinski definition) is 2. The van der Waals surface area contributed by atoms with Crippen molar-refractivity contribution < 1.29 is 4.79 Å². The molecular weight excluding hydrogens is 298 g/mol. The Hall–Kier alpha value is -0.610. The van der Waals surface area contributed by atoms with E-state index in [0.717, 1.165) is 21.6 Å². The topological polar surface area (TPSA) is 29.1 Å². The van der Waals surface area contributed by atoms with E-state index < -0.39 is 0 Å². The monoisotopic (exact) mass is 313 g/mol. The van der Waals surface area contributed by atoms with Crippen molar-refractivity contribution in [3.8, 4) is 0 Å². The Balaban J connectivity index is 1.75. The minimum absolute atomic E-state index is 0.0390.